The molecule has 1 saturated heterocycles. The maximum atomic E-state index is 12.7. The van der Waals surface area contributed by atoms with Crippen molar-refractivity contribution in [3.63, 3.8) is 0 Å². The third-order valence-corrected chi connectivity index (χ3v) is 6.11. The quantitative estimate of drug-likeness (QED) is 0.415. The SMILES string of the molecule is CC(C)(C)OC(=O)NC1CCN(c2ccc3cc(NC(=O)CCc4ccc(C(F)(F)F)cc4)ccc3n2)C1. The van der Waals surface area contributed by atoms with E-state index >= 15 is 0 Å². The third-order valence-electron chi connectivity index (χ3n) is 6.11. The standard InChI is InChI=1S/C28H31F3N4O3/c1-27(2,3)38-26(37)33-22-14-15-35(17-22)24-12-7-19-16-21(10-11-23(19)34-24)32-25(36)13-6-18-4-8-20(9-5-18)28(29,30)31/h4-5,7-12,16,22H,6,13-15,17H2,1-3H3,(H,32,36)(H,33,37). The number of nitrogens with zero attached hydrogens (tertiary/aromatic N) is 2. The predicted molar refractivity (Wildman–Crippen MR) is 140 cm³/mol. The van der Waals surface area contributed by atoms with Crippen LogP contribution in [0.3, 0.4) is 0 Å². The lowest BCUT2D eigenvalue weighted by Gasteiger charge is -2.22. The van der Waals surface area contributed by atoms with Crippen LogP contribution in [0.25, 0.3) is 10.9 Å². The fraction of sp³-hybridized carbons (Fsp3) is 0.393. The topological polar surface area (TPSA) is 83.6 Å². The van der Waals surface area contributed by atoms with E-state index in [-0.39, 0.29) is 18.4 Å². The van der Waals surface area contributed by atoms with Gasteiger partial charge in [0.1, 0.15) is 11.4 Å². The number of fused-ring (bicyclic) bond motifs is 1. The van der Waals surface area contributed by atoms with E-state index in [4.69, 9.17) is 9.72 Å². The molecule has 2 heterocycles. The van der Waals surface area contributed by atoms with Gasteiger partial charge in [0.2, 0.25) is 5.91 Å². The van der Waals surface area contributed by atoms with Gasteiger partial charge in [-0.1, -0.05) is 12.1 Å². The normalized spacial score (nSPS) is 15.9. The van der Waals surface area contributed by atoms with E-state index in [9.17, 15) is 22.8 Å². The minimum atomic E-state index is -4.38. The molecule has 1 atom stereocenters. The Balaban J connectivity index is 1.31. The highest BCUT2D eigenvalue weighted by molar-refractivity contribution is 5.94. The first-order chi connectivity index (χ1) is 17.9. The van der Waals surface area contributed by atoms with Gasteiger partial charge in [-0.05, 0) is 81.6 Å². The van der Waals surface area contributed by atoms with Crippen LogP contribution in [0.15, 0.2) is 54.6 Å². The highest BCUT2D eigenvalue weighted by Crippen LogP contribution is 2.29. The fourth-order valence-electron chi connectivity index (χ4n) is 4.27. The summed E-state index contributed by atoms with van der Waals surface area (Å²) in [6.45, 7) is 6.86. The molecule has 202 valence electrons. The summed E-state index contributed by atoms with van der Waals surface area (Å²) in [4.78, 5) is 31.3. The molecule has 3 aromatic rings. The van der Waals surface area contributed by atoms with Gasteiger partial charge >= 0.3 is 12.3 Å². The van der Waals surface area contributed by atoms with Crippen LogP contribution >= 0.6 is 0 Å². The predicted octanol–water partition coefficient (Wildman–Crippen LogP) is 5.93. The van der Waals surface area contributed by atoms with Crippen molar-refractivity contribution in [3.8, 4) is 0 Å². The van der Waals surface area contributed by atoms with Crippen molar-refractivity contribution in [1.82, 2.24) is 10.3 Å². The number of alkyl halides is 3. The zero-order valence-corrected chi connectivity index (χ0v) is 21.6. The van der Waals surface area contributed by atoms with Crippen molar-refractivity contribution in [3.05, 3.63) is 65.7 Å². The number of amides is 2. The number of hydrogen-bond acceptors (Lipinski definition) is 5. The van der Waals surface area contributed by atoms with E-state index in [1.807, 2.05) is 45.0 Å². The van der Waals surface area contributed by atoms with Gasteiger partial charge in [-0.2, -0.15) is 13.2 Å². The summed E-state index contributed by atoms with van der Waals surface area (Å²) in [6, 6.07) is 14.1. The van der Waals surface area contributed by atoms with Crippen LogP contribution in [0.2, 0.25) is 0 Å². The smallest absolute Gasteiger partial charge is 0.416 e. The molecule has 2 amide bonds. The number of nitrogens with one attached hydrogen (secondary N) is 2. The van der Waals surface area contributed by atoms with E-state index in [2.05, 4.69) is 15.5 Å². The summed E-state index contributed by atoms with van der Waals surface area (Å²) in [5.41, 5.74) is 0.794. The molecule has 0 spiro atoms. The summed E-state index contributed by atoms with van der Waals surface area (Å²) >= 11 is 0. The Labute approximate surface area is 219 Å². The van der Waals surface area contributed by atoms with Crippen LogP contribution in [0, 0.1) is 0 Å². The lowest BCUT2D eigenvalue weighted by Crippen LogP contribution is -2.40. The maximum Gasteiger partial charge on any atom is 0.416 e. The number of ether oxygens (including phenoxy) is 1. The van der Waals surface area contributed by atoms with Crippen LogP contribution < -0.4 is 15.5 Å². The molecule has 0 bridgehead atoms. The number of alkyl carbamates (subject to hydrolysis) is 1. The Morgan fingerprint density at radius 3 is 2.47 bits per heavy atom. The number of hydrogen-bond donors (Lipinski definition) is 2. The van der Waals surface area contributed by atoms with E-state index in [1.165, 1.54) is 12.1 Å². The summed E-state index contributed by atoms with van der Waals surface area (Å²) in [7, 11) is 0. The summed E-state index contributed by atoms with van der Waals surface area (Å²) in [6.07, 6.45) is -3.53. The molecule has 0 aliphatic carbocycles. The number of carbonyl (C=O) groups is 2. The van der Waals surface area contributed by atoms with Crippen LogP contribution in [0.4, 0.5) is 29.5 Å². The number of anilines is 2. The lowest BCUT2D eigenvalue weighted by molar-refractivity contribution is -0.137. The lowest BCUT2D eigenvalue weighted by atomic mass is 10.1. The molecule has 1 aliphatic heterocycles. The highest BCUT2D eigenvalue weighted by atomic mass is 19.4. The minimum Gasteiger partial charge on any atom is -0.444 e. The van der Waals surface area contributed by atoms with E-state index < -0.39 is 23.4 Å². The molecule has 2 N–H and O–H groups in total. The van der Waals surface area contributed by atoms with Crippen LogP contribution in [-0.2, 0) is 22.1 Å². The second kappa shape index (κ2) is 10.9. The first kappa shape index (κ1) is 27.2. The van der Waals surface area contributed by atoms with Crippen LogP contribution in [-0.4, -0.2) is 41.7 Å². The van der Waals surface area contributed by atoms with E-state index in [1.54, 1.807) is 6.07 Å². The van der Waals surface area contributed by atoms with Crippen molar-refractivity contribution in [1.29, 1.82) is 0 Å². The number of rotatable bonds is 6. The summed E-state index contributed by atoms with van der Waals surface area (Å²) in [5, 5.41) is 6.61. The second-order valence-corrected chi connectivity index (χ2v) is 10.4. The van der Waals surface area contributed by atoms with Gasteiger partial charge in [0, 0.05) is 30.6 Å². The van der Waals surface area contributed by atoms with Crippen molar-refractivity contribution in [2.75, 3.05) is 23.3 Å². The maximum absolute atomic E-state index is 12.7. The molecule has 2 aromatic carbocycles. The highest BCUT2D eigenvalue weighted by Gasteiger charge is 2.30. The van der Waals surface area contributed by atoms with E-state index in [0.29, 0.717) is 24.2 Å². The molecular formula is C28H31F3N4O3. The Bertz CT molecular complexity index is 1300. The zero-order valence-electron chi connectivity index (χ0n) is 21.6. The molecule has 1 aliphatic rings. The fourth-order valence-corrected chi connectivity index (χ4v) is 4.27. The van der Waals surface area contributed by atoms with Crippen molar-refractivity contribution in [2.24, 2.45) is 0 Å². The zero-order chi connectivity index (χ0) is 27.5. The number of aromatic nitrogens is 1. The average Bonchev–Trinajstić information content (AvgIpc) is 3.29. The number of carbonyl (C=O) groups excluding carboxylic acids is 2. The average molecular weight is 529 g/mol. The monoisotopic (exact) mass is 528 g/mol. The van der Waals surface area contributed by atoms with Crippen molar-refractivity contribution >= 4 is 34.4 Å². The number of aryl methyl sites for hydroxylation is 1. The Hall–Kier alpha value is -3.82. The minimum absolute atomic E-state index is 0.0255. The molecular weight excluding hydrogens is 497 g/mol. The molecule has 38 heavy (non-hydrogen) atoms. The molecule has 10 heteroatoms. The number of benzene rings is 2. The van der Waals surface area contributed by atoms with Crippen molar-refractivity contribution < 1.29 is 27.5 Å². The Morgan fingerprint density at radius 1 is 1.05 bits per heavy atom. The third kappa shape index (κ3) is 7.36. The second-order valence-electron chi connectivity index (χ2n) is 10.4. The van der Waals surface area contributed by atoms with Gasteiger partial charge in [-0.15, -0.1) is 0 Å². The van der Waals surface area contributed by atoms with Gasteiger partial charge in [-0.25, -0.2) is 9.78 Å². The van der Waals surface area contributed by atoms with Crippen LogP contribution in [0.1, 0.15) is 44.7 Å². The van der Waals surface area contributed by atoms with Gasteiger partial charge in [0.15, 0.2) is 0 Å². The van der Waals surface area contributed by atoms with E-state index in [0.717, 1.165) is 41.8 Å². The molecule has 4 rings (SSSR count). The Kier molecular flexibility index (Phi) is 7.80. The molecule has 1 unspecified atom stereocenters. The molecule has 0 radical (unpaired) electrons. The van der Waals surface area contributed by atoms with Gasteiger partial charge in [0.25, 0.3) is 0 Å². The largest absolute Gasteiger partial charge is 0.444 e. The first-order valence-electron chi connectivity index (χ1n) is 12.5. The molecule has 0 saturated carbocycles. The Morgan fingerprint density at radius 2 is 1.79 bits per heavy atom. The molecule has 1 fully saturated rings. The number of pyridine rings is 1. The molecule has 7 nitrogen and oxygen atoms in total. The van der Waals surface area contributed by atoms with Crippen molar-refractivity contribution in [2.45, 2.75) is 57.9 Å². The number of halogens is 3. The van der Waals surface area contributed by atoms with Gasteiger partial charge < -0.3 is 20.3 Å². The summed E-state index contributed by atoms with van der Waals surface area (Å²) in [5.74, 6) is 0.578. The van der Waals surface area contributed by atoms with Crippen LogP contribution in [0.5, 0.6) is 0 Å². The van der Waals surface area contributed by atoms with Gasteiger partial charge in [-0.3, -0.25) is 4.79 Å². The molecule has 1 aromatic heterocycles. The van der Waals surface area contributed by atoms with Gasteiger partial charge in [0.05, 0.1) is 17.1 Å². The first-order valence-corrected chi connectivity index (χ1v) is 12.5. The summed E-state index contributed by atoms with van der Waals surface area (Å²) < 4.78 is 43.4.